The average Bonchev–Trinajstić information content (AvgIpc) is 2.92. The molecule has 0 bridgehead atoms. The molecule has 0 radical (unpaired) electrons. The van der Waals surface area contributed by atoms with E-state index in [-0.39, 0.29) is 26.0 Å². The lowest BCUT2D eigenvalue weighted by Crippen LogP contribution is -2.41. The molecular weight excluding hydrogens is 525 g/mol. The normalized spacial score (nSPS) is 15.8. The molecule has 0 spiro atoms. The van der Waals surface area contributed by atoms with E-state index in [0.29, 0.717) is 72.3 Å². The fourth-order valence-electron chi connectivity index (χ4n) is 5.39. The molecule has 40 heavy (non-hydrogen) atoms. The minimum Gasteiger partial charge on any atom is -0.497 e. The van der Waals surface area contributed by atoms with E-state index in [1.54, 1.807) is 18.2 Å². The zero-order chi connectivity index (χ0) is 28.9. The second-order valence-electron chi connectivity index (χ2n) is 10.2. The lowest BCUT2D eigenvalue weighted by atomic mass is 9.71. The van der Waals surface area contributed by atoms with Crippen molar-refractivity contribution in [2.24, 2.45) is 5.41 Å². The number of carboxylic acids is 1. The Morgan fingerprint density at radius 1 is 1.18 bits per heavy atom. The van der Waals surface area contributed by atoms with Crippen molar-refractivity contribution < 1.29 is 38.0 Å². The Bertz CT molecular complexity index is 1420. The van der Waals surface area contributed by atoms with Gasteiger partial charge in [-0.15, -0.1) is 0 Å². The number of ether oxygens (including phenoxy) is 1. The Morgan fingerprint density at radius 2 is 1.88 bits per heavy atom. The number of halogens is 3. The molecule has 0 aliphatic carbocycles. The number of aliphatic carboxylic acids is 1. The standard InChI is InChI=1S/C30H31F3N2O5/c1-40-21-4-5-26-23(15-21)29(19(18-36)17-34-26)27(37)6-7-30(16-28(38)39)8-11-35(12-9-30)10-2-3-22-24(32)13-20(31)14-25(22)33/h4-5,13-15,17,27,36-37H,6-12,16,18H2,1H3,(H,38,39). The van der Waals surface area contributed by atoms with Crippen LogP contribution in [0.1, 0.15) is 54.9 Å². The second-order valence-corrected chi connectivity index (χ2v) is 10.2. The van der Waals surface area contributed by atoms with Crippen LogP contribution in [0.3, 0.4) is 0 Å². The molecule has 3 aromatic rings. The smallest absolute Gasteiger partial charge is 0.303 e. The number of pyridine rings is 1. The molecule has 0 saturated carbocycles. The quantitative estimate of drug-likeness (QED) is 0.332. The summed E-state index contributed by atoms with van der Waals surface area (Å²) in [4.78, 5) is 18.1. The third-order valence-corrected chi connectivity index (χ3v) is 7.62. The van der Waals surface area contributed by atoms with Gasteiger partial charge in [-0.3, -0.25) is 14.7 Å². The fraction of sp³-hybridized carbons (Fsp3) is 0.400. The van der Waals surface area contributed by atoms with Gasteiger partial charge in [0.1, 0.15) is 23.2 Å². The van der Waals surface area contributed by atoms with Gasteiger partial charge in [0.25, 0.3) is 0 Å². The fourth-order valence-corrected chi connectivity index (χ4v) is 5.39. The third kappa shape index (κ3) is 6.73. The van der Waals surface area contributed by atoms with Crippen LogP contribution in [0.5, 0.6) is 5.75 Å². The van der Waals surface area contributed by atoms with E-state index in [1.807, 2.05) is 4.90 Å². The monoisotopic (exact) mass is 556 g/mol. The summed E-state index contributed by atoms with van der Waals surface area (Å²) in [6.45, 7) is 0.939. The van der Waals surface area contributed by atoms with Crippen LogP contribution >= 0.6 is 0 Å². The van der Waals surface area contributed by atoms with Crippen LogP contribution in [0.2, 0.25) is 0 Å². The maximum Gasteiger partial charge on any atom is 0.303 e. The van der Waals surface area contributed by atoms with Gasteiger partial charge in [-0.1, -0.05) is 11.8 Å². The highest BCUT2D eigenvalue weighted by Gasteiger charge is 2.37. The molecule has 10 heteroatoms. The number of likely N-dealkylation sites (tertiary alicyclic amines) is 1. The van der Waals surface area contributed by atoms with Gasteiger partial charge in [0.2, 0.25) is 0 Å². The molecule has 2 heterocycles. The van der Waals surface area contributed by atoms with Crippen molar-refractivity contribution in [3.8, 4) is 17.6 Å². The third-order valence-electron chi connectivity index (χ3n) is 7.62. The maximum atomic E-state index is 13.8. The minimum absolute atomic E-state index is 0.0665. The van der Waals surface area contributed by atoms with E-state index < -0.39 is 40.5 Å². The lowest BCUT2D eigenvalue weighted by molar-refractivity contribution is -0.141. The number of fused-ring (bicyclic) bond motifs is 1. The molecule has 1 unspecified atom stereocenters. The SMILES string of the molecule is COc1ccc2ncc(CO)c(C(O)CCC3(CC(=O)O)CCN(CC#Cc4c(F)cc(F)cc4F)CC3)c2c1. The highest BCUT2D eigenvalue weighted by atomic mass is 19.1. The van der Waals surface area contributed by atoms with Crippen LogP contribution in [0.4, 0.5) is 13.2 Å². The molecule has 0 amide bonds. The first-order valence-electron chi connectivity index (χ1n) is 13.0. The van der Waals surface area contributed by atoms with E-state index in [2.05, 4.69) is 16.8 Å². The van der Waals surface area contributed by atoms with Gasteiger partial charge in [0.05, 0.1) is 43.9 Å². The number of methoxy groups -OCH3 is 1. The highest BCUT2D eigenvalue weighted by molar-refractivity contribution is 5.85. The van der Waals surface area contributed by atoms with Crippen LogP contribution in [0, 0.1) is 34.7 Å². The Balaban J connectivity index is 1.46. The number of nitrogens with zero attached hydrogens (tertiary/aromatic N) is 2. The summed E-state index contributed by atoms with van der Waals surface area (Å²) < 4.78 is 46.1. The zero-order valence-corrected chi connectivity index (χ0v) is 22.1. The van der Waals surface area contributed by atoms with Gasteiger partial charge < -0.3 is 20.1 Å². The molecule has 4 rings (SSSR count). The molecule has 1 atom stereocenters. The van der Waals surface area contributed by atoms with Gasteiger partial charge in [-0.2, -0.15) is 0 Å². The molecule has 1 aliphatic rings. The van der Waals surface area contributed by atoms with Crippen LogP contribution in [0.15, 0.2) is 36.5 Å². The first kappa shape index (κ1) is 29.3. The van der Waals surface area contributed by atoms with Crippen molar-refractivity contribution >= 4 is 16.9 Å². The molecule has 1 saturated heterocycles. The summed E-state index contributed by atoms with van der Waals surface area (Å²) in [6.07, 6.45) is 2.28. The number of carboxylic acid groups (broad SMARTS) is 1. The maximum absolute atomic E-state index is 13.8. The predicted molar refractivity (Wildman–Crippen MR) is 142 cm³/mol. The number of carbonyl (C=O) groups is 1. The van der Waals surface area contributed by atoms with Crippen LogP contribution in [-0.2, 0) is 11.4 Å². The van der Waals surface area contributed by atoms with Gasteiger partial charge in [-0.25, -0.2) is 13.2 Å². The van der Waals surface area contributed by atoms with E-state index in [0.717, 1.165) is 0 Å². The lowest BCUT2D eigenvalue weighted by Gasteiger charge is -2.41. The van der Waals surface area contributed by atoms with Crippen LogP contribution in [0.25, 0.3) is 10.9 Å². The summed E-state index contributed by atoms with van der Waals surface area (Å²) in [5.74, 6) is 1.67. The van der Waals surface area contributed by atoms with Crippen LogP contribution < -0.4 is 4.74 Å². The van der Waals surface area contributed by atoms with Gasteiger partial charge in [0.15, 0.2) is 0 Å². The number of hydrogen-bond donors (Lipinski definition) is 3. The molecule has 1 aliphatic heterocycles. The molecule has 3 N–H and O–H groups in total. The van der Waals surface area contributed by atoms with Gasteiger partial charge in [0, 0.05) is 29.3 Å². The average molecular weight is 557 g/mol. The number of aliphatic hydroxyl groups excluding tert-OH is 2. The molecular formula is C30H31F3N2O5. The summed E-state index contributed by atoms with van der Waals surface area (Å²) in [5, 5.41) is 31.5. The van der Waals surface area contributed by atoms with Crippen molar-refractivity contribution in [1.29, 1.82) is 0 Å². The predicted octanol–water partition coefficient (Wildman–Crippen LogP) is 4.58. The summed E-state index contributed by atoms with van der Waals surface area (Å²) in [5.41, 5.74) is 0.622. The highest BCUT2D eigenvalue weighted by Crippen LogP contribution is 2.42. The second kappa shape index (κ2) is 12.7. The summed E-state index contributed by atoms with van der Waals surface area (Å²) in [7, 11) is 1.54. The number of aromatic nitrogens is 1. The van der Waals surface area contributed by atoms with Crippen molar-refractivity contribution in [3.05, 3.63) is 70.7 Å². The first-order chi connectivity index (χ1) is 19.1. The summed E-state index contributed by atoms with van der Waals surface area (Å²) in [6, 6.07) is 6.46. The van der Waals surface area contributed by atoms with Crippen molar-refractivity contribution in [3.63, 3.8) is 0 Å². The van der Waals surface area contributed by atoms with Gasteiger partial charge in [-0.05, 0) is 68.0 Å². The number of aliphatic hydroxyl groups is 2. The van der Waals surface area contributed by atoms with E-state index >= 15 is 0 Å². The molecule has 212 valence electrons. The van der Waals surface area contributed by atoms with Gasteiger partial charge >= 0.3 is 5.97 Å². The molecule has 7 nitrogen and oxygen atoms in total. The zero-order valence-electron chi connectivity index (χ0n) is 22.1. The Labute approximate surface area is 230 Å². The molecule has 1 fully saturated rings. The Hall–Kier alpha value is -3.65. The van der Waals surface area contributed by atoms with E-state index in [1.165, 1.54) is 13.3 Å². The number of rotatable bonds is 9. The number of hydrogen-bond acceptors (Lipinski definition) is 6. The Kier molecular flexibility index (Phi) is 9.30. The number of benzene rings is 2. The summed E-state index contributed by atoms with van der Waals surface area (Å²) >= 11 is 0. The largest absolute Gasteiger partial charge is 0.497 e. The van der Waals surface area contributed by atoms with Crippen molar-refractivity contribution in [2.75, 3.05) is 26.7 Å². The van der Waals surface area contributed by atoms with Crippen LogP contribution in [-0.4, -0.2) is 57.9 Å². The topological polar surface area (TPSA) is 103 Å². The molecule has 1 aromatic heterocycles. The Morgan fingerprint density at radius 3 is 2.50 bits per heavy atom. The van der Waals surface area contributed by atoms with Crippen molar-refractivity contribution in [2.45, 2.75) is 44.8 Å². The van der Waals surface area contributed by atoms with E-state index in [4.69, 9.17) is 4.74 Å². The van der Waals surface area contributed by atoms with E-state index in [9.17, 15) is 33.3 Å². The molecule has 2 aromatic carbocycles. The minimum atomic E-state index is -1.06. The number of piperidine rings is 1. The van der Waals surface area contributed by atoms with Crippen molar-refractivity contribution in [1.82, 2.24) is 9.88 Å². The first-order valence-corrected chi connectivity index (χ1v) is 13.0.